The van der Waals surface area contributed by atoms with Crippen LogP contribution in [0.2, 0.25) is 5.02 Å². The van der Waals surface area contributed by atoms with Crippen molar-refractivity contribution in [1.29, 1.82) is 0 Å². The summed E-state index contributed by atoms with van der Waals surface area (Å²) in [6.07, 6.45) is 1.77. The quantitative estimate of drug-likeness (QED) is 0.431. The number of hydrogen-bond donors (Lipinski definition) is 1. The van der Waals surface area contributed by atoms with Crippen LogP contribution in [0, 0.1) is 26.7 Å². The van der Waals surface area contributed by atoms with Crippen LogP contribution >= 0.6 is 11.6 Å². The van der Waals surface area contributed by atoms with Gasteiger partial charge < -0.3 is 10.2 Å². The minimum atomic E-state index is -0.106. The predicted octanol–water partition coefficient (Wildman–Crippen LogP) is 4.93. The number of hydrogen-bond acceptors (Lipinski definition) is 5. The monoisotopic (exact) mass is 488 g/mol. The van der Waals surface area contributed by atoms with Crippen molar-refractivity contribution < 1.29 is 4.79 Å². The maximum atomic E-state index is 13.0. The molecule has 0 radical (unpaired) electrons. The minimum Gasteiger partial charge on any atom is -0.352 e. The number of carbonyl (C=O) groups excluding carboxylic acids is 1. The van der Waals surface area contributed by atoms with Gasteiger partial charge in [0, 0.05) is 24.7 Å². The van der Waals surface area contributed by atoms with Gasteiger partial charge in [0.25, 0.3) is 0 Å². The second-order valence-electron chi connectivity index (χ2n) is 9.24. The Labute approximate surface area is 210 Å². The maximum absolute atomic E-state index is 13.0. The van der Waals surface area contributed by atoms with Crippen LogP contribution in [0.1, 0.15) is 35.4 Å². The molecule has 8 heteroatoms. The molecule has 1 aliphatic rings. The average Bonchev–Trinajstić information content (AvgIpc) is 3.22. The molecule has 0 saturated carbocycles. The number of nitrogens with one attached hydrogen (secondary N) is 1. The molecule has 1 amide bonds. The normalized spacial score (nSPS) is 16.0. The first kappa shape index (κ1) is 23.3. The first-order chi connectivity index (χ1) is 16.9. The lowest BCUT2D eigenvalue weighted by molar-refractivity contribution is -0.125. The smallest absolute Gasteiger partial charge is 0.225 e. The van der Waals surface area contributed by atoms with E-state index in [1.807, 2.05) is 54.9 Å². The fourth-order valence-electron chi connectivity index (χ4n) is 4.88. The second kappa shape index (κ2) is 9.66. The van der Waals surface area contributed by atoms with E-state index in [0.717, 1.165) is 58.7 Å². The average molecular weight is 489 g/mol. The summed E-state index contributed by atoms with van der Waals surface area (Å²) in [6, 6.07) is 15.8. The molecule has 5 rings (SSSR count). The number of benzene rings is 2. The third-order valence-corrected chi connectivity index (χ3v) is 7.11. The highest BCUT2D eigenvalue weighted by Gasteiger charge is 2.29. The van der Waals surface area contributed by atoms with Crippen LogP contribution in [0.5, 0.6) is 0 Å². The Morgan fingerprint density at radius 2 is 1.86 bits per heavy atom. The Morgan fingerprint density at radius 1 is 1.09 bits per heavy atom. The van der Waals surface area contributed by atoms with E-state index in [4.69, 9.17) is 16.7 Å². The third-order valence-electron chi connectivity index (χ3n) is 6.86. The fraction of sp³-hybridized carbons (Fsp3) is 0.333. The van der Waals surface area contributed by atoms with E-state index in [1.165, 1.54) is 5.56 Å². The van der Waals surface area contributed by atoms with Crippen LogP contribution in [0.4, 0.5) is 5.82 Å². The second-order valence-corrected chi connectivity index (χ2v) is 9.67. The van der Waals surface area contributed by atoms with Crippen LogP contribution in [0.15, 0.2) is 48.5 Å². The zero-order valence-electron chi connectivity index (χ0n) is 20.3. The Balaban J connectivity index is 1.40. The number of nitrogens with zero attached hydrogens (tertiary/aromatic N) is 5. The number of rotatable bonds is 5. The summed E-state index contributed by atoms with van der Waals surface area (Å²) in [6.45, 7) is 8.02. The van der Waals surface area contributed by atoms with Crippen LogP contribution in [-0.4, -0.2) is 39.0 Å². The van der Waals surface area contributed by atoms with Gasteiger partial charge in [-0.15, -0.1) is 5.10 Å². The number of halogens is 1. The highest BCUT2D eigenvalue weighted by Crippen LogP contribution is 2.31. The molecular formula is C27H29ClN6O. The number of aryl methyl sites for hydroxylation is 3. The Bertz CT molecular complexity index is 1380. The molecule has 1 atom stereocenters. The lowest BCUT2D eigenvalue weighted by Gasteiger charge is -2.32. The van der Waals surface area contributed by atoms with Gasteiger partial charge in [-0.3, -0.25) is 4.79 Å². The number of piperidine rings is 1. The molecule has 0 bridgehead atoms. The number of amides is 1. The van der Waals surface area contributed by atoms with E-state index < -0.39 is 0 Å². The van der Waals surface area contributed by atoms with Crippen molar-refractivity contribution in [3.05, 3.63) is 76.1 Å². The van der Waals surface area contributed by atoms with Crippen LogP contribution in [0.25, 0.3) is 16.6 Å². The molecule has 2 aromatic carbocycles. The lowest BCUT2D eigenvalue weighted by Crippen LogP contribution is -2.43. The van der Waals surface area contributed by atoms with Crippen molar-refractivity contribution in [3.63, 3.8) is 0 Å². The Morgan fingerprint density at radius 3 is 2.63 bits per heavy atom. The van der Waals surface area contributed by atoms with Gasteiger partial charge in [-0.1, -0.05) is 35.9 Å². The summed E-state index contributed by atoms with van der Waals surface area (Å²) < 4.78 is 1.91. The SMILES string of the molecule is Cc1ccccc1CNC(=O)[C@@H]1CCCN(c2nnc(C)c3c(C)n(-c4ccc(Cl)cc4)nc23)C1. The largest absolute Gasteiger partial charge is 0.352 e. The molecule has 1 N–H and O–H groups in total. The summed E-state index contributed by atoms with van der Waals surface area (Å²) in [7, 11) is 0. The first-order valence-electron chi connectivity index (χ1n) is 12.0. The van der Waals surface area contributed by atoms with Gasteiger partial charge in [0.2, 0.25) is 5.91 Å². The van der Waals surface area contributed by atoms with Crippen LogP contribution in [0.3, 0.4) is 0 Å². The van der Waals surface area contributed by atoms with Gasteiger partial charge in [-0.05, 0) is 69.0 Å². The molecule has 35 heavy (non-hydrogen) atoms. The third kappa shape index (κ3) is 4.60. The van der Waals surface area contributed by atoms with Crippen molar-refractivity contribution in [1.82, 2.24) is 25.3 Å². The molecule has 0 unspecified atom stereocenters. The summed E-state index contributed by atoms with van der Waals surface area (Å²) in [5.41, 5.74) is 5.91. The molecular weight excluding hydrogens is 460 g/mol. The van der Waals surface area contributed by atoms with Crippen molar-refractivity contribution in [2.45, 2.75) is 40.2 Å². The molecule has 1 fully saturated rings. The zero-order valence-corrected chi connectivity index (χ0v) is 21.0. The molecule has 1 saturated heterocycles. The number of fused-ring (bicyclic) bond motifs is 1. The zero-order chi connectivity index (χ0) is 24.5. The Hall–Kier alpha value is -3.45. The number of anilines is 1. The summed E-state index contributed by atoms with van der Waals surface area (Å²) >= 11 is 6.08. The van der Waals surface area contributed by atoms with E-state index in [1.54, 1.807) is 0 Å². The van der Waals surface area contributed by atoms with Crippen molar-refractivity contribution >= 4 is 34.2 Å². The van der Waals surface area contributed by atoms with Gasteiger partial charge in [-0.2, -0.15) is 10.2 Å². The topological polar surface area (TPSA) is 75.9 Å². The first-order valence-corrected chi connectivity index (χ1v) is 12.4. The van der Waals surface area contributed by atoms with E-state index in [0.29, 0.717) is 18.1 Å². The van der Waals surface area contributed by atoms with Gasteiger partial charge in [0.15, 0.2) is 5.82 Å². The van der Waals surface area contributed by atoms with Gasteiger partial charge >= 0.3 is 0 Å². The molecule has 2 aromatic heterocycles. The molecule has 1 aliphatic heterocycles. The van der Waals surface area contributed by atoms with E-state index >= 15 is 0 Å². The van der Waals surface area contributed by atoms with Crippen molar-refractivity contribution in [2.75, 3.05) is 18.0 Å². The summed E-state index contributed by atoms with van der Waals surface area (Å²) in [5.74, 6) is 0.709. The van der Waals surface area contributed by atoms with Gasteiger partial charge in [0.1, 0.15) is 5.52 Å². The van der Waals surface area contributed by atoms with E-state index in [2.05, 4.69) is 39.5 Å². The standard InChI is InChI=1S/C27H29ClN6O/c1-17-7-4-5-8-20(17)15-29-27(35)21-9-6-14-33(16-21)26-25-24(18(2)30-31-26)19(3)34(32-25)23-12-10-22(28)11-13-23/h4-5,7-8,10-13,21H,6,9,14-16H2,1-3H3,(H,29,35)/t21-/m1/s1. The van der Waals surface area contributed by atoms with E-state index in [9.17, 15) is 4.79 Å². The van der Waals surface area contributed by atoms with Crippen molar-refractivity contribution in [3.8, 4) is 5.69 Å². The molecule has 4 aromatic rings. The maximum Gasteiger partial charge on any atom is 0.225 e. The summed E-state index contributed by atoms with van der Waals surface area (Å²) in [4.78, 5) is 15.2. The highest BCUT2D eigenvalue weighted by molar-refractivity contribution is 6.30. The molecule has 0 aliphatic carbocycles. The predicted molar refractivity (Wildman–Crippen MR) is 139 cm³/mol. The highest BCUT2D eigenvalue weighted by atomic mass is 35.5. The van der Waals surface area contributed by atoms with Crippen LogP contribution in [-0.2, 0) is 11.3 Å². The summed E-state index contributed by atoms with van der Waals surface area (Å²) in [5, 5.41) is 18.7. The molecule has 180 valence electrons. The molecule has 7 nitrogen and oxygen atoms in total. The molecule has 0 spiro atoms. The number of carbonyl (C=O) groups is 1. The number of aromatic nitrogens is 4. The minimum absolute atomic E-state index is 0.0807. The lowest BCUT2D eigenvalue weighted by atomic mass is 9.96. The van der Waals surface area contributed by atoms with Gasteiger partial charge in [-0.25, -0.2) is 4.68 Å². The molecule has 3 heterocycles. The van der Waals surface area contributed by atoms with Crippen LogP contribution < -0.4 is 10.2 Å². The van der Waals surface area contributed by atoms with Crippen molar-refractivity contribution in [2.24, 2.45) is 5.92 Å². The van der Waals surface area contributed by atoms with E-state index in [-0.39, 0.29) is 11.8 Å². The fourth-order valence-corrected chi connectivity index (χ4v) is 5.00. The Kier molecular flexibility index (Phi) is 6.43. The van der Waals surface area contributed by atoms with Gasteiger partial charge in [0.05, 0.1) is 28.4 Å².